The first kappa shape index (κ1) is 13.9. The van der Waals surface area contributed by atoms with Crippen molar-refractivity contribution in [2.24, 2.45) is 5.92 Å². The Morgan fingerprint density at radius 1 is 1.25 bits per heavy atom. The van der Waals surface area contributed by atoms with Gasteiger partial charge in [0.1, 0.15) is 0 Å². The zero-order valence-corrected chi connectivity index (χ0v) is 11.3. The van der Waals surface area contributed by atoms with Crippen molar-refractivity contribution in [2.45, 2.75) is 25.7 Å². The van der Waals surface area contributed by atoms with Crippen molar-refractivity contribution in [3.63, 3.8) is 0 Å². The standard InChI is InChI=1S/C13H29N3/c1-14-8-4-5-9-16(3)12-13-6-10-15(2)11-7-13/h13-14H,4-12H2,1-3H3. The number of hydrogen-bond acceptors (Lipinski definition) is 3. The first-order valence-electron chi connectivity index (χ1n) is 6.74. The molecule has 3 heteroatoms. The van der Waals surface area contributed by atoms with Crippen LogP contribution in [0.1, 0.15) is 25.7 Å². The van der Waals surface area contributed by atoms with E-state index in [1.165, 1.54) is 51.9 Å². The molecule has 0 spiro atoms. The molecule has 0 aliphatic carbocycles. The molecule has 16 heavy (non-hydrogen) atoms. The summed E-state index contributed by atoms with van der Waals surface area (Å²) in [6.07, 6.45) is 5.40. The molecule has 1 rings (SSSR count). The molecular formula is C13H29N3. The SMILES string of the molecule is CNCCCCN(C)CC1CCN(C)CC1. The molecule has 1 fully saturated rings. The lowest BCUT2D eigenvalue weighted by Crippen LogP contribution is -2.36. The number of piperidine rings is 1. The number of likely N-dealkylation sites (tertiary alicyclic amines) is 1. The predicted octanol–water partition coefficient (Wildman–Crippen LogP) is 1.26. The number of unbranched alkanes of at least 4 members (excludes halogenated alkanes) is 1. The number of nitrogens with zero attached hydrogens (tertiary/aromatic N) is 2. The lowest BCUT2D eigenvalue weighted by Gasteiger charge is -2.31. The van der Waals surface area contributed by atoms with Gasteiger partial charge in [-0.05, 0) is 78.9 Å². The Morgan fingerprint density at radius 3 is 2.56 bits per heavy atom. The van der Waals surface area contributed by atoms with Gasteiger partial charge >= 0.3 is 0 Å². The van der Waals surface area contributed by atoms with E-state index in [1.807, 2.05) is 7.05 Å². The van der Waals surface area contributed by atoms with E-state index in [9.17, 15) is 0 Å². The molecule has 0 unspecified atom stereocenters. The summed E-state index contributed by atoms with van der Waals surface area (Å²) < 4.78 is 0. The molecule has 0 bridgehead atoms. The van der Waals surface area contributed by atoms with Crippen LogP contribution in [0.5, 0.6) is 0 Å². The third kappa shape index (κ3) is 5.83. The van der Waals surface area contributed by atoms with E-state index in [4.69, 9.17) is 0 Å². The monoisotopic (exact) mass is 227 g/mol. The highest BCUT2D eigenvalue weighted by molar-refractivity contribution is 4.72. The van der Waals surface area contributed by atoms with Crippen LogP contribution < -0.4 is 5.32 Å². The summed E-state index contributed by atoms with van der Waals surface area (Å²) in [5.41, 5.74) is 0. The maximum Gasteiger partial charge on any atom is 0.000756 e. The van der Waals surface area contributed by atoms with Gasteiger partial charge in [-0.15, -0.1) is 0 Å². The maximum atomic E-state index is 3.20. The van der Waals surface area contributed by atoms with Crippen LogP contribution in [0.2, 0.25) is 0 Å². The Bertz CT molecular complexity index is 165. The van der Waals surface area contributed by atoms with Gasteiger partial charge in [0, 0.05) is 6.54 Å². The quantitative estimate of drug-likeness (QED) is 0.661. The number of nitrogens with one attached hydrogen (secondary N) is 1. The summed E-state index contributed by atoms with van der Waals surface area (Å²) in [5, 5.41) is 3.20. The first-order chi connectivity index (χ1) is 7.72. The average Bonchev–Trinajstić information content (AvgIpc) is 2.28. The zero-order chi connectivity index (χ0) is 11.8. The molecule has 3 nitrogen and oxygen atoms in total. The van der Waals surface area contributed by atoms with Gasteiger partial charge in [0.2, 0.25) is 0 Å². The van der Waals surface area contributed by atoms with Crippen LogP contribution in [0.15, 0.2) is 0 Å². The second-order valence-corrected chi connectivity index (χ2v) is 5.32. The molecule has 0 aromatic heterocycles. The van der Waals surface area contributed by atoms with E-state index < -0.39 is 0 Å². The van der Waals surface area contributed by atoms with Gasteiger partial charge < -0.3 is 15.1 Å². The van der Waals surface area contributed by atoms with Gasteiger partial charge in [-0.3, -0.25) is 0 Å². The molecule has 1 aliphatic rings. The molecule has 0 atom stereocenters. The summed E-state index contributed by atoms with van der Waals surface area (Å²) in [5.74, 6) is 0.936. The summed E-state index contributed by atoms with van der Waals surface area (Å²) in [6, 6.07) is 0. The van der Waals surface area contributed by atoms with Crippen molar-refractivity contribution in [1.82, 2.24) is 15.1 Å². The third-order valence-corrected chi connectivity index (χ3v) is 3.62. The minimum Gasteiger partial charge on any atom is -0.320 e. The smallest absolute Gasteiger partial charge is 0.000756 e. The molecule has 1 heterocycles. The van der Waals surface area contributed by atoms with Crippen molar-refractivity contribution < 1.29 is 0 Å². The van der Waals surface area contributed by atoms with Crippen LogP contribution in [-0.4, -0.2) is 63.7 Å². The fraction of sp³-hybridized carbons (Fsp3) is 1.00. The van der Waals surface area contributed by atoms with Gasteiger partial charge in [-0.2, -0.15) is 0 Å². The van der Waals surface area contributed by atoms with Crippen LogP contribution in [0.4, 0.5) is 0 Å². The Morgan fingerprint density at radius 2 is 1.94 bits per heavy atom. The van der Waals surface area contributed by atoms with Crippen LogP contribution in [0.3, 0.4) is 0 Å². The Kier molecular flexibility index (Phi) is 7.01. The molecule has 0 aromatic rings. The molecule has 0 radical (unpaired) electrons. The highest BCUT2D eigenvalue weighted by atomic mass is 15.1. The molecular weight excluding hydrogens is 198 g/mol. The van der Waals surface area contributed by atoms with Crippen molar-refractivity contribution >= 4 is 0 Å². The third-order valence-electron chi connectivity index (χ3n) is 3.62. The molecule has 1 saturated heterocycles. The zero-order valence-electron chi connectivity index (χ0n) is 11.3. The van der Waals surface area contributed by atoms with Crippen LogP contribution in [-0.2, 0) is 0 Å². The maximum absolute atomic E-state index is 3.20. The second kappa shape index (κ2) is 8.04. The topological polar surface area (TPSA) is 18.5 Å². The fourth-order valence-corrected chi connectivity index (χ4v) is 2.46. The van der Waals surface area contributed by atoms with Gasteiger partial charge in [-0.1, -0.05) is 0 Å². The summed E-state index contributed by atoms with van der Waals surface area (Å²) in [4.78, 5) is 4.97. The van der Waals surface area contributed by atoms with Gasteiger partial charge in [-0.25, -0.2) is 0 Å². The van der Waals surface area contributed by atoms with Crippen molar-refractivity contribution in [3.05, 3.63) is 0 Å². The lowest BCUT2D eigenvalue weighted by molar-refractivity contribution is 0.175. The largest absolute Gasteiger partial charge is 0.320 e. The first-order valence-corrected chi connectivity index (χ1v) is 6.74. The molecule has 96 valence electrons. The van der Waals surface area contributed by atoms with Crippen LogP contribution >= 0.6 is 0 Å². The van der Waals surface area contributed by atoms with Gasteiger partial charge in [0.05, 0.1) is 0 Å². The minimum atomic E-state index is 0.936. The Hall–Kier alpha value is -0.120. The predicted molar refractivity (Wildman–Crippen MR) is 70.9 cm³/mol. The van der Waals surface area contributed by atoms with Gasteiger partial charge in [0.15, 0.2) is 0 Å². The van der Waals surface area contributed by atoms with Crippen LogP contribution in [0.25, 0.3) is 0 Å². The van der Waals surface area contributed by atoms with Crippen molar-refractivity contribution in [2.75, 3.05) is 53.9 Å². The van der Waals surface area contributed by atoms with E-state index in [0.29, 0.717) is 0 Å². The summed E-state index contributed by atoms with van der Waals surface area (Å²) in [7, 11) is 6.54. The van der Waals surface area contributed by atoms with Crippen molar-refractivity contribution in [1.29, 1.82) is 0 Å². The number of rotatable bonds is 7. The van der Waals surface area contributed by atoms with Gasteiger partial charge in [0.25, 0.3) is 0 Å². The molecule has 1 aliphatic heterocycles. The van der Waals surface area contributed by atoms with Crippen molar-refractivity contribution in [3.8, 4) is 0 Å². The normalized spacial score (nSPS) is 19.5. The summed E-state index contributed by atoms with van der Waals surface area (Å²) >= 11 is 0. The highest BCUT2D eigenvalue weighted by Crippen LogP contribution is 2.16. The lowest BCUT2D eigenvalue weighted by atomic mass is 9.96. The molecule has 0 amide bonds. The van der Waals surface area contributed by atoms with Crippen LogP contribution in [0, 0.1) is 5.92 Å². The molecule has 1 N–H and O–H groups in total. The molecule has 0 aromatic carbocycles. The van der Waals surface area contributed by atoms with E-state index in [-0.39, 0.29) is 0 Å². The number of hydrogen-bond donors (Lipinski definition) is 1. The Balaban J connectivity index is 2.02. The van der Waals surface area contributed by atoms with E-state index in [1.54, 1.807) is 0 Å². The fourth-order valence-electron chi connectivity index (χ4n) is 2.46. The average molecular weight is 227 g/mol. The van der Waals surface area contributed by atoms with E-state index in [0.717, 1.165) is 12.5 Å². The minimum absolute atomic E-state index is 0.936. The molecule has 0 saturated carbocycles. The highest BCUT2D eigenvalue weighted by Gasteiger charge is 2.17. The summed E-state index contributed by atoms with van der Waals surface area (Å²) in [6.45, 7) is 6.29. The van der Waals surface area contributed by atoms with E-state index >= 15 is 0 Å². The van der Waals surface area contributed by atoms with E-state index in [2.05, 4.69) is 29.2 Å². The second-order valence-electron chi connectivity index (χ2n) is 5.32. The Labute approximate surface area is 101 Å².